The first-order valence-corrected chi connectivity index (χ1v) is 11.3. The topological polar surface area (TPSA) is 79.3 Å². The molecule has 8 heteroatoms. The first-order valence-electron chi connectivity index (χ1n) is 10.1. The van der Waals surface area contributed by atoms with E-state index in [9.17, 15) is 14.4 Å². The summed E-state index contributed by atoms with van der Waals surface area (Å²) in [6, 6.07) is 6.73. The molecule has 0 aliphatic carbocycles. The Labute approximate surface area is 187 Å². The van der Waals surface area contributed by atoms with E-state index in [2.05, 4.69) is 6.07 Å². The number of ether oxygens (including phenoxy) is 1. The molecule has 158 valence electrons. The van der Waals surface area contributed by atoms with Gasteiger partial charge in [0.1, 0.15) is 29.2 Å². The van der Waals surface area contributed by atoms with Gasteiger partial charge in [0, 0.05) is 28.1 Å². The van der Waals surface area contributed by atoms with Crippen LogP contribution in [-0.2, 0) is 0 Å². The van der Waals surface area contributed by atoms with Crippen molar-refractivity contribution in [3.05, 3.63) is 45.7 Å². The fraction of sp³-hybridized carbons (Fsp3) is 0.304. The van der Waals surface area contributed by atoms with Gasteiger partial charge in [-0.15, -0.1) is 11.3 Å². The summed E-state index contributed by atoms with van der Waals surface area (Å²) in [5.74, 6) is -0.0164. The lowest BCUT2D eigenvalue weighted by molar-refractivity contribution is 0.0578. The first kappa shape index (κ1) is 20.1. The number of hydrogen-bond acceptors (Lipinski definition) is 5. The zero-order valence-electron chi connectivity index (χ0n) is 16.8. The summed E-state index contributed by atoms with van der Waals surface area (Å²) in [5, 5.41) is 10.7. The second kappa shape index (κ2) is 7.40. The maximum atomic E-state index is 14.5. The molecule has 2 N–H and O–H groups in total. The molecule has 0 spiro atoms. The minimum Gasteiger partial charge on any atom is -0.490 e. The van der Waals surface area contributed by atoms with E-state index in [1.165, 1.54) is 6.07 Å². The van der Waals surface area contributed by atoms with E-state index in [0.717, 1.165) is 30.6 Å². The molecule has 3 aromatic rings. The monoisotopic (exact) mass is 455 g/mol. The molecule has 2 aliphatic heterocycles. The number of thiophene rings is 1. The lowest BCUT2D eigenvalue weighted by atomic mass is 9.93. The zero-order chi connectivity index (χ0) is 21.9. The Hall–Kier alpha value is -2.82. The van der Waals surface area contributed by atoms with Crippen molar-refractivity contribution in [1.82, 2.24) is 4.90 Å². The second-order valence-corrected chi connectivity index (χ2v) is 9.41. The zero-order valence-corrected chi connectivity index (χ0v) is 18.4. The Bertz CT molecular complexity index is 1300. The van der Waals surface area contributed by atoms with Crippen LogP contribution in [0.4, 0.5) is 9.39 Å². The molecular weight excluding hydrogens is 437 g/mol. The summed E-state index contributed by atoms with van der Waals surface area (Å²) >= 11 is 7.75. The van der Waals surface area contributed by atoms with Gasteiger partial charge in [-0.25, -0.2) is 4.39 Å². The van der Waals surface area contributed by atoms with Gasteiger partial charge in [-0.2, -0.15) is 5.26 Å². The smallest absolute Gasteiger partial charge is 0.258 e. The highest BCUT2D eigenvalue weighted by atomic mass is 35.5. The molecule has 1 saturated heterocycles. The lowest BCUT2D eigenvalue weighted by Crippen LogP contribution is -2.45. The Balaban J connectivity index is 1.76. The number of nitrogen functional groups attached to an aromatic ring is 1. The number of nitriles is 1. The number of rotatable bonds is 1. The predicted octanol–water partition coefficient (Wildman–Crippen LogP) is 5.51. The summed E-state index contributed by atoms with van der Waals surface area (Å²) in [6.07, 6.45) is 2.97. The van der Waals surface area contributed by atoms with Crippen LogP contribution in [-0.4, -0.2) is 30.0 Å². The van der Waals surface area contributed by atoms with Crippen molar-refractivity contribution in [1.29, 1.82) is 5.26 Å². The highest BCUT2D eigenvalue weighted by molar-refractivity contribution is 7.23. The summed E-state index contributed by atoms with van der Waals surface area (Å²) in [7, 11) is 0. The number of hydrogen-bond donors (Lipinski definition) is 1. The van der Waals surface area contributed by atoms with E-state index in [4.69, 9.17) is 22.1 Å². The number of nitrogens with two attached hydrogens (primary N) is 1. The quantitative estimate of drug-likeness (QED) is 0.524. The van der Waals surface area contributed by atoms with Gasteiger partial charge >= 0.3 is 0 Å². The predicted molar refractivity (Wildman–Crippen MR) is 120 cm³/mol. The molecule has 5 nitrogen and oxygen atoms in total. The Morgan fingerprint density at radius 1 is 1.35 bits per heavy atom. The molecule has 1 atom stereocenters. The maximum Gasteiger partial charge on any atom is 0.258 e. The molecule has 0 bridgehead atoms. The van der Waals surface area contributed by atoms with Crippen molar-refractivity contribution in [3.8, 4) is 22.9 Å². The minimum atomic E-state index is -0.441. The number of halogens is 2. The van der Waals surface area contributed by atoms with Crippen LogP contribution in [0.15, 0.2) is 18.2 Å². The van der Waals surface area contributed by atoms with Crippen LogP contribution in [0.3, 0.4) is 0 Å². The number of carbonyl (C=O) groups excluding carboxylic acids is 1. The molecule has 1 fully saturated rings. The third-order valence-corrected chi connectivity index (χ3v) is 7.53. The van der Waals surface area contributed by atoms with Crippen LogP contribution >= 0.6 is 22.9 Å². The third kappa shape index (κ3) is 2.97. The molecule has 1 amide bonds. The number of amides is 1. The molecule has 1 aromatic heterocycles. The molecular formula is C23H19ClFN3O2S. The van der Waals surface area contributed by atoms with Gasteiger partial charge in [-0.05, 0) is 43.9 Å². The fourth-order valence-electron chi connectivity index (χ4n) is 4.72. The molecule has 31 heavy (non-hydrogen) atoms. The van der Waals surface area contributed by atoms with E-state index in [-0.39, 0.29) is 22.5 Å². The van der Waals surface area contributed by atoms with Crippen LogP contribution in [0.5, 0.6) is 5.75 Å². The summed E-state index contributed by atoms with van der Waals surface area (Å²) < 4.78 is 21.0. The number of anilines is 1. The Kier molecular flexibility index (Phi) is 4.80. The molecule has 5 rings (SSSR count). The van der Waals surface area contributed by atoms with Crippen LogP contribution in [0.1, 0.15) is 40.7 Å². The van der Waals surface area contributed by atoms with E-state index in [0.29, 0.717) is 56.3 Å². The van der Waals surface area contributed by atoms with Crippen molar-refractivity contribution >= 4 is 43.9 Å². The Morgan fingerprint density at radius 2 is 2.16 bits per heavy atom. The van der Waals surface area contributed by atoms with Crippen molar-refractivity contribution in [3.63, 3.8) is 0 Å². The molecule has 0 unspecified atom stereocenters. The lowest BCUT2D eigenvalue weighted by Gasteiger charge is -2.33. The van der Waals surface area contributed by atoms with Crippen LogP contribution in [0.2, 0.25) is 5.02 Å². The number of piperidine rings is 1. The van der Waals surface area contributed by atoms with E-state index >= 15 is 0 Å². The minimum absolute atomic E-state index is 0.0506. The average Bonchev–Trinajstić information content (AvgIpc) is 3.03. The van der Waals surface area contributed by atoms with Crippen LogP contribution in [0.25, 0.3) is 21.2 Å². The maximum absolute atomic E-state index is 14.5. The van der Waals surface area contributed by atoms with E-state index in [1.54, 1.807) is 12.1 Å². The number of nitrogens with zero attached hydrogens (tertiary/aromatic N) is 2. The third-order valence-electron chi connectivity index (χ3n) is 6.21. The second-order valence-electron chi connectivity index (χ2n) is 7.95. The van der Waals surface area contributed by atoms with Gasteiger partial charge < -0.3 is 15.4 Å². The summed E-state index contributed by atoms with van der Waals surface area (Å²) in [6.45, 7) is 2.98. The summed E-state index contributed by atoms with van der Waals surface area (Å²) in [5.41, 5.74) is 8.58. The molecule has 2 aliphatic rings. The normalized spacial score (nSPS) is 18.2. The van der Waals surface area contributed by atoms with Crippen molar-refractivity contribution in [2.75, 3.05) is 18.9 Å². The van der Waals surface area contributed by atoms with Gasteiger partial charge in [0.25, 0.3) is 5.91 Å². The number of carbonyl (C=O) groups is 1. The number of fused-ring (bicyclic) bond motifs is 3. The summed E-state index contributed by atoms with van der Waals surface area (Å²) in [4.78, 5) is 15.1. The van der Waals surface area contributed by atoms with Crippen molar-refractivity contribution in [2.45, 2.75) is 32.2 Å². The average molecular weight is 456 g/mol. The fourth-order valence-corrected chi connectivity index (χ4v) is 6.02. The SMILES string of the molecule is Cc1c2c(cc(Cl)c1-c1ccc(F)c3sc(N)c(C#N)c13)C(=O)N1CCCC[C@@H]1CO2. The highest BCUT2D eigenvalue weighted by Gasteiger charge is 2.35. The van der Waals surface area contributed by atoms with Gasteiger partial charge in [-0.1, -0.05) is 17.7 Å². The molecule has 2 aromatic carbocycles. The van der Waals surface area contributed by atoms with E-state index in [1.807, 2.05) is 11.8 Å². The van der Waals surface area contributed by atoms with Crippen molar-refractivity contribution < 1.29 is 13.9 Å². The van der Waals surface area contributed by atoms with Gasteiger partial charge in [0.15, 0.2) is 0 Å². The first-order chi connectivity index (χ1) is 14.9. The van der Waals surface area contributed by atoms with Crippen molar-refractivity contribution in [2.24, 2.45) is 0 Å². The van der Waals surface area contributed by atoms with Crippen LogP contribution in [0, 0.1) is 24.1 Å². The molecule has 0 radical (unpaired) electrons. The molecule has 3 heterocycles. The van der Waals surface area contributed by atoms with Gasteiger partial charge in [-0.3, -0.25) is 4.79 Å². The highest BCUT2D eigenvalue weighted by Crippen LogP contribution is 2.47. The van der Waals surface area contributed by atoms with Gasteiger partial charge in [0.2, 0.25) is 0 Å². The van der Waals surface area contributed by atoms with Crippen LogP contribution < -0.4 is 10.5 Å². The Morgan fingerprint density at radius 3 is 2.94 bits per heavy atom. The molecule has 0 saturated carbocycles. The van der Waals surface area contributed by atoms with Gasteiger partial charge in [0.05, 0.1) is 21.9 Å². The largest absolute Gasteiger partial charge is 0.490 e. The number of benzene rings is 2. The van der Waals surface area contributed by atoms with E-state index < -0.39 is 5.82 Å². The standard InChI is InChI=1S/C23H19ClFN3O2S/c1-11-18(13-5-6-17(25)21-19(13)15(9-26)22(27)31-21)16(24)8-14-20(11)30-10-12-4-2-3-7-28(12)23(14)29/h5-6,8,12H,2-4,7,10,27H2,1H3/t12-/m1/s1.